The maximum atomic E-state index is 12.5. The van der Waals surface area contributed by atoms with Gasteiger partial charge in [-0.15, -0.1) is 0 Å². The highest BCUT2D eigenvalue weighted by molar-refractivity contribution is 5.76. The van der Waals surface area contributed by atoms with Gasteiger partial charge >= 0.3 is 0 Å². The van der Waals surface area contributed by atoms with Crippen molar-refractivity contribution >= 4 is 5.91 Å². The van der Waals surface area contributed by atoms with Crippen LogP contribution in [0.3, 0.4) is 0 Å². The van der Waals surface area contributed by atoms with Gasteiger partial charge in [0, 0.05) is 6.42 Å². The van der Waals surface area contributed by atoms with Gasteiger partial charge in [0.15, 0.2) is 6.29 Å². The lowest BCUT2D eigenvalue weighted by Gasteiger charge is -2.40. The van der Waals surface area contributed by atoms with E-state index in [9.17, 15) is 30.3 Å². The normalized spacial score (nSPS) is 24.4. The number of aliphatic hydroxyl groups excluding tert-OH is 5. The zero-order valence-corrected chi connectivity index (χ0v) is 26.2. The molecule has 7 atom stereocenters. The van der Waals surface area contributed by atoms with Crippen LogP contribution in [0.1, 0.15) is 123 Å². The van der Waals surface area contributed by atoms with E-state index in [4.69, 9.17) is 9.47 Å². The predicted octanol–water partition coefficient (Wildman–Crippen LogP) is 4.43. The lowest BCUT2D eigenvalue weighted by atomic mass is 9.99. The molecule has 1 amide bonds. The summed E-state index contributed by atoms with van der Waals surface area (Å²) in [6.07, 6.45) is 18.8. The van der Waals surface area contributed by atoms with Crippen LogP contribution in [-0.4, -0.2) is 87.5 Å². The minimum absolute atomic E-state index is 0.202. The van der Waals surface area contributed by atoms with Gasteiger partial charge in [-0.1, -0.05) is 109 Å². The molecule has 0 radical (unpaired) electrons. The molecule has 0 aromatic carbocycles. The van der Waals surface area contributed by atoms with E-state index < -0.39 is 49.5 Å². The third-order valence-corrected chi connectivity index (χ3v) is 7.78. The molecule has 42 heavy (non-hydrogen) atoms. The monoisotopic (exact) mass is 599 g/mol. The van der Waals surface area contributed by atoms with Gasteiger partial charge in [-0.05, 0) is 32.1 Å². The molecule has 9 heteroatoms. The number of unbranched alkanes of at least 4 members (excludes halogenated alkanes) is 13. The van der Waals surface area contributed by atoms with Gasteiger partial charge in [0.1, 0.15) is 24.4 Å². The number of amides is 1. The minimum atomic E-state index is -1.56. The van der Waals surface area contributed by atoms with Crippen LogP contribution in [-0.2, 0) is 14.3 Å². The lowest BCUT2D eigenvalue weighted by molar-refractivity contribution is -0.302. The first-order valence-electron chi connectivity index (χ1n) is 16.6. The second-order valence-electron chi connectivity index (χ2n) is 11.6. The highest BCUT2D eigenvalue weighted by Gasteiger charge is 2.44. The Hall–Kier alpha value is -1.33. The second kappa shape index (κ2) is 25.0. The molecular weight excluding hydrogens is 538 g/mol. The van der Waals surface area contributed by atoms with Crippen LogP contribution in [0.4, 0.5) is 0 Å². The molecule has 0 bridgehead atoms. The summed E-state index contributed by atoms with van der Waals surface area (Å²) in [6, 6.07) is -0.811. The maximum Gasteiger partial charge on any atom is 0.220 e. The molecule has 1 saturated heterocycles. The van der Waals surface area contributed by atoms with Crippen molar-refractivity contribution in [3.05, 3.63) is 24.3 Å². The number of aliphatic hydroxyl groups is 5. The Bertz CT molecular complexity index is 716. The summed E-state index contributed by atoms with van der Waals surface area (Å²) in [5.41, 5.74) is 0. The van der Waals surface area contributed by atoms with Crippen molar-refractivity contribution in [3.8, 4) is 0 Å². The number of allylic oxidation sites excluding steroid dienone is 3. The molecule has 0 spiro atoms. The van der Waals surface area contributed by atoms with E-state index in [1.54, 1.807) is 6.08 Å². The molecular formula is C33H61NO8. The molecule has 9 nitrogen and oxygen atoms in total. The smallest absolute Gasteiger partial charge is 0.220 e. The SMILES string of the molecule is CCCCCCCCCCCC/C=C/CC/C=C/C(O)C(COC1OC(CO)C(O)C(O)C1O)NC(=O)CCCCC. The van der Waals surface area contributed by atoms with E-state index in [0.29, 0.717) is 6.42 Å². The fourth-order valence-corrected chi connectivity index (χ4v) is 4.99. The van der Waals surface area contributed by atoms with Crippen molar-refractivity contribution in [1.29, 1.82) is 0 Å². The topological polar surface area (TPSA) is 149 Å². The Morgan fingerprint density at radius 3 is 2.00 bits per heavy atom. The standard InChI is InChI=1S/C33H61NO8/c1-3-5-7-8-9-10-11-12-13-14-15-16-17-18-19-21-22-27(36)26(34-29(37)23-20-6-4-2)25-41-33-32(40)31(39)30(38)28(24-35)42-33/h16-17,21-22,26-28,30-33,35-36,38-40H,3-15,18-20,23-25H2,1-2H3,(H,34,37)/b17-16+,22-21+. The third-order valence-electron chi connectivity index (χ3n) is 7.78. The highest BCUT2D eigenvalue weighted by atomic mass is 16.7. The van der Waals surface area contributed by atoms with Crippen molar-refractivity contribution < 1.29 is 39.8 Å². The summed E-state index contributed by atoms with van der Waals surface area (Å²) in [7, 11) is 0. The van der Waals surface area contributed by atoms with Crippen molar-refractivity contribution in [1.82, 2.24) is 5.32 Å². The largest absolute Gasteiger partial charge is 0.394 e. The lowest BCUT2D eigenvalue weighted by Crippen LogP contribution is -2.60. The number of carbonyl (C=O) groups excluding carboxylic acids is 1. The van der Waals surface area contributed by atoms with E-state index in [2.05, 4.69) is 31.3 Å². The van der Waals surface area contributed by atoms with Crippen molar-refractivity contribution in [3.63, 3.8) is 0 Å². The van der Waals surface area contributed by atoms with Crippen LogP contribution in [0.2, 0.25) is 0 Å². The first-order chi connectivity index (χ1) is 20.3. The van der Waals surface area contributed by atoms with Crippen molar-refractivity contribution in [2.45, 2.75) is 166 Å². The van der Waals surface area contributed by atoms with Crippen LogP contribution >= 0.6 is 0 Å². The van der Waals surface area contributed by atoms with E-state index >= 15 is 0 Å². The van der Waals surface area contributed by atoms with Crippen LogP contribution in [0.15, 0.2) is 24.3 Å². The molecule has 0 aromatic rings. The van der Waals surface area contributed by atoms with Gasteiger partial charge in [0.2, 0.25) is 5.91 Å². The average Bonchev–Trinajstić information content (AvgIpc) is 2.98. The summed E-state index contributed by atoms with van der Waals surface area (Å²) in [6.45, 7) is 3.53. The summed E-state index contributed by atoms with van der Waals surface area (Å²) in [4.78, 5) is 12.5. The summed E-state index contributed by atoms with van der Waals surface area (Å²) >= 11 is 0. The van der Waals surface area contributed by atoms with Crippen molar-refractivity contribution in [2.75, 3.05) is 13.2 Å². The van der Waals surface area contributed by atoms with E-state index in [0.717, 1.165) is 38.5 Å². The predicted molar refractivity (Wildman–Crippen MR) is 166 cm³/mol. The van der Waals surface area contributed by atoms with Gasteiger partial charge in [-0.3, -0.25) is 4.79 Å². The number of hydrogen-bond acceptors (Lipinski definition) is 8. The van der Waals surface area contributed by atoms with E-state index in [1.165, 1.54) is 64.2 Å². The van der Waals surface area contributed by atoms with Crippen LogP contribution in [0, 0.1) is 0 Å². The van der Waals surface area contributed by atoms with Gasteiger partial charge in [0.05, 0.1) is 25.4 Å². The van der Waals surface area contributed by atoms with Gasteiger partial charge in [-0.25, -0.2) is 0 Å². The molecule has 6 N–H and O–H groups in total. The number of ether oxygens (including phenoxy) is 2. The fourth-order valence-electron chi connectivity index (χ4n) is 4.99. The molecule has 1 aliphatic rings. The Morgan fingerprint density at radius 2 is 1.36 bits per heavy atom. The van der Waals surface area contributed by atoms with Crippen LogP contribution in [0.5, 0.6) is 0 Å². The maximum absolute atomic E-state index is 12.5. The summed E-state index contributed by atoms with van der Waals surface area (Å²) in [5, 5.41) is 53.2. The fraction of sp³-hybridized carbons (Fsp3) is 0.848. The van der Waals surface area contributed by atoms with Gasteiger partial charge < -0.3 is 40.3 Å². The molecule has 0 aliphatic carbocycles. The molecule has 0 saturated carbocycles. The molecule has 1 fully saturated rings. The second-order valence-corrected chi connectivity index (χ2v) is 11.6. The number of hydrogen-bond donors (Lipinski definition) is 6. The number of carbonyl (C=O) groups is 1. The third kappa shape index (κ3) is 17.1. The highest BCUT2D eigenvalue weighted by Crippen LogP contribution is 2.22. The number of nitrogens with one attached hydrogen (secondary N) is 1. The molecule has 1 aliphatic heterocycles. The Labute approximate surface area is 254 Å². The Morgan fingerprint density at radius 1 is 0.786 bits per heavy atom. The molecule has 0 aromatic heterocycles. The zero-order chi connectivity index (χ0) is 31.0. The van der Waals surface area contributed by atoms with Crippen molar-refractivity contribution in [2.24, 2.45) is 0 Å². The zero-order valence-electron chi connectivity index (χ0n) is 26.2. The summed E-state index contributed by atoms with van der Waals surface area (Å²) < 4.78 is 11.0. The molecule has 1 rings (SSSR count). The summed E-state index contributed by atoms with van der Waals surface area (Å²) in [5.74, 6) is -0.215. The quantitative estimate of drug-likeness (QED) is 0.0667. The average molecular weight is 600 g/mol. The van der Waals surface area contributed by atoms with Gasteiger partial charge in [-0.2, -0.15) is 0 Å². The van der Waals surface area contributed by atoms with Crippen LogP contribution in [0.25, 0.3) is 0 Å². The van der Waals surface area contributed by atoms with Crippen LogP contribution < -0.4 is 5.32 Å². The first-order valence-corrected chi connectivity index (χ1v) is 16.6. The number of rotatable bonds is 25. The first kappa shape index (κ1) is 38.7. The Kier molecular flexibility index (Phi) is 23.1. The minimum Gasteiger partial charge on any atom is -0.394 e. The molecule has 7 unspecified atom stereocenters. The molecule has 246 valence electrons. The molecule has 1 heterocycles. The Balaban J connectivity index is 2.42. The van der Waals surface area contributed by atoms with E-state index in [-0.39, 0.29) is 12.5 Å². The van der Waals surface area contributed by atoms with Gasteiger partial charge in [0.25, 0.3) is 0 Å². The van der Waals surface area contributed by atoms with E-state index in [1.807, 2.05) is 6.08 Å².